The molecule has 196 valence electrons. The number of hydrogen-bond donors (Lipinski definition) is 0. The molecule has 9 heteroatoms. The Morgan fingerprint density at radius 2 is 1.86 bits per heavy atom. The summed E-state index contributed by atoms with van der Waals surface area (Å²) in [5.41, 5.74) is -0.162. The predicted molar refractivity (Wildman–Crippen MR) is 145 cm³/mol. The van der Waals surface area contributed by atoms with Gasteiger partial charge in [-0.2, -0.15) is 0 Å². The van der Waals surface area contributed by atoms with Crippen molar-refractivity contribution in [3.05, 3.63) is 40.6 Å². The quantitative estimate of drug-likeness (QED) is 0.276. The standard InChI is InChI=1S/C26H40BrFN2O4Si/c1-18(31)29(22-17-19(28)12-13-20(22)27)15-10-11-21-23(34-35(8,9)26(5,6)7)14-16-30(21)24(32)33-25(2,3)4/h10-13,17,21,23H,14-16H2,1-9H3/t21-,23+/m1/s1. The zero-order valence-electron chi connectivity index (χ0n) is 22.4. The fraction of sp³-hybridized carbons (Fsp3) is 0.615. The molecule has 35 heavy (non-hydrogen) atoms. The van der Waals surface area contributed by atoms with E-state index in [1.54, 1.807) is 11.0 Å². The van der Waals surface area contributed by atoms with Crippen LogP contribution in [0.5, 0.6) is 0 Å². The summed E-state index contributed by atoms with van der Waals surface area (Å²) >= 11 is 3.41. The summed E-state index contributed by atoms with van der Waals surface area (Å²) in [6.45, 7) is 18.7. The second kappa shape index (κ2) is 11.1. The van der Waals surface area contributed by atoms with Gasteiger partial charge in [-0.1, -0.05) is 32.9 Å². The molecule has 0 unspecified atom stereocenters. The van der Waals surface area contributed by atoms with Crippen LogP contribution in [0.2, 0.25) is 18.1 Å². The van der Waals surface area contributed by atoms with E-state index in [4.69, 9.17) is 9.16 Å². The van der Waals surface area contributed by atoms with Gasteiger partial charge in [0.05, 0.1) is 17.8 Å². The molecule has 1 aromatic carbocycles. The van der Waals surface area contributed by atoms with E-state index in [2.05, 4.69) is 49.8 Å². The topological polar surface area (TPSA) is 59.1 Å². The highest BCUT2D eigenvalue weighted by atomic mass is 79.9. The lowest BCUT2D eigenvalue weighted by molar-refractivity contribution is -0.116. The summed E-state index contributed by atoms with van der Waals surface area (Å²) in [5.74, 6) is -0.640. The van der Waals surface area contributed by atoms with Gasteiger partial charge in [-0.05, 0) is 79.5 Å². The summed E-state index contributed by atoms with van der Waals surface area (Å²) in [6.07, 6.45) is 3.90. The van der Waals surface area contributed by atoms with Gasteiger partial charge in [0.1, 0.15) is 11.4 Å². The van der Waals surface area contributed by atoms with Gasteiger partial charge in [0.2, 0.25) is 5.91 Å². The molecule has 2 amide bonds. The molecule has 1 heterocycles. The van der Waals surface area contributed by atoms with Crippen molar-refractivity contribution in [1.82, 2.24) is 4.90 Å². The van der Waals surface area contributed by atoms with Crippen LogP contribution in [-0.2, 0) is 14.0 Å². The largest absolute Gasteiger partial charge is 0.444 e. The molecule has 2 rings (SSSR count). The molecule has 6 nitrogen and oxygen atoms in total. The van der Waals surface area contributed by atoms with Crippen LogP contribution in [0.15, 0.2) is 34.8 Å². The second-order valence-electron chi connectivity index (χ2n) is 11.5. The number of ether oxygens (including phenoxy) is 1. The monoisotopic (exact) mass is 570 g/mol. The van der Waals surface area contributed by atoms with Crippen LogP contribution in [0, 0.1) is 5.82 Å². The Morgan fingerprint density at radius 3 is 2.40 bits per heavy atom. The number of halogens is 2. The average Bonchev–Trinajstić information content (AvgIpc) is 3.07. The van der Waals surface area contributed by atoms with Crippen LogP contribution in [-0.4, -0.2) is 56.1 Å². The Bertz CT molecular complexity index is 956. The first-order valence-electron chi connectivity index (χ1n) is 12.0. The highest BCUT2D eigenvalue weighted by molar-refractivity contribution is 9.10. The summed E-state index contributed by atoms with van der Waals surface area (Å²) in [4.78, 5) is 28.6. The van der Waals surface area contributed by atoms with Crippen molar-refractivity contribution < 1.29 is 23.1 Å². The van der Waals surface area contributed by atoms with Crippen molar-refractivity contribution in [2.75, 3.05) is 18.0 Å². The molecule has 1 aliphatic heterocycles. The van der Waals surface area contributed by atoms with Gasteiger partial charge in [-0.25, -0.2) is 9.18 Å². The number of rotatable bonds is 6. The molecule has 0 N–H and O–H groups in total. The van der Waals surface area contributed by atoms with E-state index in [9.17, 15) is 14.0 Å². The molecular formula is C26H40BrFN2O4Si. The zero-order valence-corrected chi connectivity index (χ0v) is 25.0. The molecule has 0 bridgehead atoms. The molecule has 0 saturated carbocycles. The van der Waals surface area contributed by atoms with E-state index in [1.165, 1.54) is 24.0 Å². The van der Waals surface area contributed by atoms with Gasteiger partial charge in [-0.15, -0.1) is 0 Å². The maximum Gasteiger partial charge on any atom is 0.410 e. The molecule has 0 spiro atoms. The van der Waals surface area contributed by atoms with Gasteiger partial charge >= 0.3 is 6.09 Å². The highest BCUT2D eigenvalue weighted by Gasteiger charge is 2.45. The molecule has 1 aromatic rings. The third kappa shape index (κ3) is 7.88. The van der Waals surface area contributed by atoms with Crippen molar-refractivity contribution in [2.24, 2.45) is 0 Å². The van der Waals surface area contributed by atoms with Crippen LogP contribution >= 0.6 is 15.9 Å². The van der Waals surface area contributed by atoms with Crippen molar-refractivity contribution in [2.45, 2.75) is 90.8 Å². The van der Waals surface area contributed by atoms with Crippen LogP contribution in [0.4, 0.5) is 14.9 Å². The summed E-state index contributed by atoms with van der Waals surface area (Å²) < 4.78 is 26.9. The number of carbonyl (C=O) groups is 2. The number of likely N-dealkylation sites (tertiary alicyclic amines) is 1. The Balaban J connectivity index is 2.32. The van der Waals surface area contributed by atoms with Crippen LogP contribution < -0.4 is 4.90 Å². The Labute approximate surface area is 219 Å². The first kappa shape index (κ1) is 29.5. The Morgan fingerprint density at radius 1 is 1.23 bits per heavy atom. The minimum Gasteiger partial charge on any atom is -0.444 e. The number of nitrogens with zero attached hydrogens (tertiary/aromatic N) is 2. The summed E-state index contributed by atoms with van der Waals surface area (Å²) in [7, 11) is -2.09. The van der Waals surface area contributed by atoms with Gasteiger partial charge < -0.3 is 14.1 Å². The van der Waals surface area contributed by atoms with E-state index < -0.39 is 19.7 Å². The fourth-order valence-electron chi connectivity index (χ4n) is 3.63. The normalized spacial score (nSPS) is 19.3. The maximum absolute atomic E-state index is 13.9. The predicted octanol–water partition coefficient (Wildman–Crippen LogP) is 6.90. The van der Waals surface area contributed by atoms with E-state index in [0.717, 1.165) is 0 Å². The van der Waals surface area contributed by atoms with E-state index in [1.807, 2.05) is 32.9 Å². The third-order valence-corrected chi connectivity index (χ3v) is 11.7. The molecule has 1 aliphatic rings. The fourth-order valence-corrected chi connectivity index (χ4v) is 5.46. The minimum absolute atomic E-state index is 0.0235. The number of carbonyl (C=O) groups excluding carboxylic acids is 2. The number of hydrogen-bond acceptors (Lipinski definition) is 4. The van der Waals surface area contributed by atoms with Crippen LogP contribution in [0.3, 0.4) is 0 Å². The van der Waals surface area contributed by atoms with E-state index >= 15 is 0 Å². The van der Waals surface area contributed by atoms with Gasteiger partial charge in [-0.3, -0.25) is 9.69 Å². The van der Waals surface area contributed by atoms with Crippen LogP contribution in [0.1, 0.15) is 54.9 Å². The van der Waals surface area contributed by atoms with Crippen molar-refractivity contribution in [3.8, 4) is 0 Å². The van der Waals surface area contributed by atoms with Gasteiger partial charge in [0.25, 0.3) is 0 Å². The highest BCUT2D eigenvalue weighted by Crippen LogP contribution is 2.39. The minimum atomic E-state index is -2.09. The maximum atomic E-state index is 13.9. The molecular weight excluding hydrogens is 531 g/mol. The first-order valence-corrected chi connectivity index (χ1v) is 15.7. The van der Waals surface area contributed by atoms with Gasteiger partial charge in [0.15, 0.2) is 8.32 Å². The Hall–Kier alpha value is -1.71. The second-order valence-corrected chi connectivity index (χ2v) is 17.1. The van der Waals surface area contributed by atoms with E-state index in [0.29, 0.717) is 23.1 Å². The summed E-state index contributed by atoms with van der Waals surface area (Å²) in [5, 5.41) is 0.0235. The molecule has 0 aliphatic carbocycles. The molecule has 0 aromatic heterocycles. The van der Waals surface area contributed by atoms with Crippen molar-refractivity contribution in [1.29, 1.82) is 0 Å². The number of benzene rings is 1. The number of anilines is 1. The summed E-state index contributed by atoms with van der Waals surface area (Å²) in [6, 6.07) is 3.91. The van der Waals surface area contributed by atoms with Crippen molar-refractivity contribution >= 4 is 41.9 Å². The molecule has 1 fully saturated rings. The van der Waals surface area contributed by atoms with Gasteiger partial charge in [0, 0.05) is 24.5 Å². The van der Waals surface area contributed by atoms with Crippen molar-refractivity contribution in [3.63, 3.8) is 0 Å². The Kier molecular flexibility index (Phi) is 9.39. The van der Waals surface area contributed by atoms with Crippen LogP contribution in [0.25, 0.3) is 0 Å². The smallest absolute Gasteiger partial charge is 0.410 e. The van der Waals surface area contributed by atoms with E-state index in [-0.39, 0.29) is 35.7 Å². The molecule has 2 atom stereocenters. The number of amides is 2. The third-order valence-electron chi connectivity index (χ3n) is 6.48. The lowest BCUT2D eigenvalue weighted by Gasteiger charge is -2.40. The molecule has 0 radical (unpaired) electrons. The average molecular weight is 572 g/mol. The zero-order chi connectivity index (χ0) is 26.8. The lowest BCUT2D eigenvalue weighted by atomic mass is 10.1. The molecule has 1 saturated heterocycles. The lowest BCUT2D eigenvalue weighted by Crippen LogP contribution is -2.48. The first-order chi connectivity index (χ1) is 15.9. The SMILES string of the molecule is CC(=O)N(CC=C[C@@H]1[C@@H](O[Si](C)(C)C(C)(C)C)CCN1C(=O)OC(C)(C)C)c1cc(F)ccc1Br.